The molecule has 2 rings (SSSR count). The number of rotatable bonds is 5. The van der Waals surface area contributed by atoms with E-state index in [9.17, 15) is 9.59 Å². The van der Waals surface area contributed by atoms with E-state index in [1.807, 2.05) is 49.1 Å². The summed E-state index contributed by atoms with van der Waals surface area (Å²) in [4.78, 5) is 26.0. The van der Waals surface area contributed by atoms with E-state index >= 15 is 0 Å². The first-order valence-electron chi connectivity index (χ1n) is 8.41. The summed E-state index contributed by atoms with van der Waals surface area (Å²) in [5.41, 5.74) is 2.23. The van der Waals surface area contributed by atoms with E-state index in [1.54, 1.807) is 6.08 Å². The Morgan fingerprint density at radius 2 is 1.87 bits per heavy atom. The Bertz CT molecular complexity index is 555. The number of nitrogens with zero attached hydrogens (tertiary/aromatic N) is 1. The summed E-state index contributed by atoms with van der Waals surface area (Å²) >= 11 is 0. The lowest BCUT2D eigenvalue weighted by molar-refractivity contribution is -0.132. The standard InChI is InChI=1S/C19H26N2O2/c1-3-12-20-19(23)17-10-13-21(14-11-17)18(22)9-8-16-6-4-15(2)5-7-16/h4-9,17H,3,10-14H2,1-2H3,(H,20,23)/b9-8+. The monoisotopic (exact) mass is 314 g/mol. The zero-order valence-electron chi connectivity index (χ0n) is 14.0. The molecule has 1 aliphatic heterocycles. The predicted octanol–water partition coefficient (Wildman–Crippen LogP) is 2.77. The van der Waals surface area contributed by atoms with Gasteiger partial charge in [-0.15, -0.1) is 0 Å². The van der Waals surface area contributed by atoms with Gasteiger partial charge in [0.15, 0.2) is 0 Å². The number of hydrogen-bond donors (Lipinski definition) is 1. The third kappa shape index (κ3) is 5.23. The first-order chi connectivity index (χ1) is 11.1. The van der Waals surface area contributed by atoms with Gasteiger partial charge in [0.1, 0.15) is 0 Å². The molecule has 2 amide bonds. The molecule has 0 bridgehead atoms. The number of piperidine rings is 1. The molecule has 1 fully saturated rings. The SMILES string of the molecule is CCCNC(=O)C1CCN(C(=O)/C=C/c2ccc(C)cc2)CC1. The van der Waals surface area contributed by atoms with E-state index in [4.69, 9.17) is 0 Å². The summed E-state index contributed by atoms with van der Waals surface area (Å²) in [6, 6.07) is 8.07. The fraction of sp³-hybridized carbons (Fsp3) is 0.474. The molecule has 1 aliphatic rings. The van der Waals surface area contributed by atoms with E-state index in [2.05, 4.69) is 5.32 Å². The number of carbonyl (C=O) groups is 2. The molecule has 1 aromatic carbocycles. The highest BCUT2D eigenvalue weighted by molar-refractivity contribution is 5.92. The summed E-state index contributed by atoms with van der Waals surface area (Å²) in [5, 5.41) is 2.94. The van der Waals surface area contributed by atoms with Crippen LogP contribution in [0, 0.1) is 12.8 Å². The lowest BCUT2D eigenvalue weighted by Crippen LogP contribution is -2.42. The molecule has 23 heavy (non-hydrogen) atoms. The van der Waals surface area contributed by atoms with Crippen molar-refractivity contribution in [2.24, 2.45) is 5.92 Å². The zero-order chi connectivity index (χ0) is 16.7. The number of benzene rings is 1. The van der Waals surface area contributed by atoms with Crippen LogP contribution in [0.2, 0.25) is 0 Å². The van der Waals surface area contributed by atoms with Gasteiger partial charge in [0.25, 0.3) is 0 Å². The quantitative estimate of drug-likeness (QED) is 0.850. The van der Waals surface area contributed by atoms with Gasteiger partial charge in [-0.1, -0.05) is 36.8 Å². The van der Waals surface area contributed by atoms with E-state index in [-0.39, 0.29) is 17.7 Å². The van der Waals surface area contributed by atoms with Crippen molar-refractivity contribution in [3.05, 3.63) is 41.5 Å². The summed E-state index contributed by atoms with van der Waals surface area (Å²) in [6.45, 7) is 6.13. The van der Waals surface area contributed by atoms with Crippen LogP contribution in [0.3, 0.4) is 0 Å². The number of amides is 2. The number of nitrogens with one attached hydrogen (secondary N) is 1. The predicted molar refractivity (Wildman–Crippen MR) is 92.8 cm³/mol. The molecule has 0 unspecified atom stereocenters. The van der Waals surface area contributed by atoms with Gasteiger partial charge in [0, 0.05) is 31.6 Å². The Morgan fingerprint density at radius 1 is 1.22 bits per heavy atom. The number of carbonyl (C=O) groups excluding carboxylic acids is 2. The van der Waals surface area contributed by atoms with Crippen molar-refractivity contribution in [1.82, 2.24) is 10.2 Å². The first-order valence-corrected chi connectivity index (χ1v) is 8.41. The number of aryl methyl sites for hydroxylation is 1. The maximum Gasteiger partial charge on any atom is 0.246 e. The molecule has 0 aromatic heterocycles. The Hall–Kier alpha value is -2.10. The van der Waals surface area contributed by atoms with Gasteiger partial charge in [-0.3, -0.25) is 9.59 Å². The van der Waals surface area contributed by atoms with Gasteiger partial charge in [-0.25, -0.2) is 0 Å². The highest BCUT2D eigenvalue weighted by Crippen LogP contribution is 2.18. The van der Waals surface area contributed by atoms with Crippen LogP contribution in [0.4, 0.5) is 0 Å². The van der Waals surface area contributed by atoms with Crippen LogP contribution in [0.25, 0.3) is 6.08 Å². The molecule has 1 saturated heterocycles. The van der Waals surface area contributed by atoms with Crippen molar-refractivity contribution in [2.45, 2.75) is 33.1 Å². The minimum absolute atomic E-state index is 0.0259. The molecule has 0 saturated carbocycles. The van der Waals surface area contributed by atoms with Gasteiger partial charge in [0.05, 0.1) is 0 Å². The smallest absolute Gasteiger partial charge is 0.246 e. The van der Waals surface area contributed by atoms with Gasteiger partial charge in [0.2, 0.25) is 11.8 Å². The Kier molecular flexibility index (Phi) is 6.39. The van der Waals surface area contributed by atoms with Crippen LogP contribution in [-0.4, -0.2) is 36.3 Å². The van der Waals surface area contributed by atoms with E-state index < -0.39 is 0 Å². The van der Waals surface area contributed by atoms with Gasteiger partial charge in [-0.05, 0) is 37.8 Å². The van der Waals surface area contributed by atoms with Crippen molar-refractivity contribution in [3.8, 4) is 0 Å². The zero-order valence-corrected chi connectivity index (χ0v) is 14.0. The Morgan fingerprint density at radius 3 is 2.48 bits per heavy atom. The Labute approximate surface area is 138 Å². The van der Waals surface area contributed by atoms with Crippen molar-refractivity contribution < 1.29 is 9.59 Å². The van der Waals surface area contributed by atoms with Crippen LogP contribution in [0.5, 0.6) is 0 Å². The average Bonchev–Trinajstić information content (AvgIpc) is 2.59. The van der Waals surface area contributed by atoms with E-state index in [1.165, 1.54) is 5.56 Å². The highest BCUT2D eigenvalue weighted by atomic mass is 16.2. The molecule has 0 spiro atoms. The topological polar surface area (TPSA) is 49.4 Å². The van der Waals surface area contributed by atoms with Crippen LogP contribution in [0.1, 0.15) is 37.3 Å². The molecule has 4 heteroatoms. The lowest BCUT2D eigenvalue weighted by Gasteiger charge is -2.30. The lowest BCUT2D eigenvalue weighted by atomic mass is 9.96. The Balaban J connectivity index is 1.81. The van der Waals surface area contributed by atoms with Crippen molar-refractivity contribution >= 4 is 17.9 Å². The molecule has 4 nitrogen and oxygen atoms in total. The normalized spacial score (nSPS) is 15.8. The molecule has 0 radical (unpaired) electrons. The van der Waals surface area contributed by atoms with Crippen LogP contribution in [-0.2, 0) is 9.59 Å². The summed E-state index contributed by atoms with van der Waals surface area (Å²) in [5.74, 6) is 0.207. The van der Waals surface area contributed by atoms with Gasteiger partial charge >= 0.3 is 0 Å². The molecule has 124 valence electrons. The summed E-state index contributed by atoms with van der Waals surface area (Å²) in [7, 11) is 0. The van der Waals surface area contributed by atoms with Crippen LogP contribution >= 0.6 is 0 Å². The third-order valence-corrected chi connectivity index (χ3v) is 4.22. The van der Waals surface area contributed by atoms with Crippen LogP contribution < -0.4 is 5.32 Å². The van der Waals surface area contributed by atoms with Crippen molar-refractivity contribution in [2.75, 3.05) is 19.6 Å². The number of likely N-dealkylation sites (tertiary alicyclic amines) is 1. The van der Waals surface area contributed by atoms with Crippen LogP contribution in [0.15, 0.2) is 30.3 Å². The molecule has 1 N–H and O–H groups in total. The first kappa shape index (κ1) is 17.3. The molecule has 0 aliphatic carbocycles. The summed E-state index contributed by atoms with van der Waals surface area (Å²) < 4.78 is 0. The van der Waals surface area contributed by atoms with E-state index in [0.717, 1.165) is 31.4 Å². The maximum absolute atomic E-state index is 12.2. The number of hydrogen-bond acceptors (Lipinski definition) is 2. The second-order valence-electron chi connectivity index (χ2n) is 6.13. The summed E-state index contributed by atoms with van der Waals surface area (Å²) in [6.07, 6.45) is 5.93. The molecule has 1 heterocycles. The second-order valence-corrected chi connectivity index (χ2v) is 6.13. The molecular formula is C19H26N2O2. The molecule has 0 atom stereocenters. The third-order valence-electron chi connectivity index (χ3n) is 4.22. The van der Waals surface area contributed by atoms with Crippen molar-refractivity contribution in [1.29, 1.82) is 0 Å². The average molecular weight is 314 g/mol. The maximum atomic E-state index is 12.2. The fourth-order valence-corrected chi connectivity index (χ4v) is 2.71. The highest BCUT2D eigenvalue weighted by Gasteiger charge is 2.26. The largest absolute Gasteiger partial charge is 0.356 e. The fourth-order valence-electron chi connectivity index (χ4n) is 2.71. The minimum Gasteiger partial charge on any atom is -0.356 e. The minimum atomic E-state index is 0.0259. The molecular weight excluding hydrogens is 288 g/mol. The van der Waals surface area contributed by atoms with Gasteiger partial charge in [-0.2, -0.15) is 0 Å². The van der Waals surface area contributed by atoms with E-state index in [0.29, 0.717) is 13.1 Å². The second kappa shape index (κ2) is 8.51. The molecule has 1 aromatic rings. The van der Waals surface area contributed by atoms with Crippen molar-refractivity contribution in [3.63, 3.8) is 0 Å². The van der Waals surface area contributed by atoms with Gasteiger partial charge < -0.3 is 10.2 Å².